The Morgan fingerprint density at radius 3 is 2.16 bits per heavy atom. The molecular formula is C20H22O5. The van der Waals surface area contributed by atoms with Crippen molar-refractivity contribution in [2.45, 2.75) is 33.3 Å². The van der Waals surface area contributed by atoms with E-state index in [9.17, 15) is 9.59 Å². The predicted molar refractivity (Wildman–Crippen MR) is 94.2 cm³/mol. The highest BCUT2D eigenvalue weighted by Gasteiger charge is 2.13. The monoisotopic (exact) mass is 342 g/mol. The fourth-order valence-corrected chi connectivity index (χ4v) is 2.10. The summed E-state index contributed by atoms with van der Waals surface area (Å²) in [4.78, 5) is 24.2. The maximum Gasteiger partial charge on any atom is 0.343 e. The third-order valence-electron chi connectivity index (χ3n) is 3.16. The molecule has 0 aromatic heterocycles. The molecule has 2 aromatic rings. The number of carbonyl (C=O) groups is 2. The van der Waals surface area contributed by atoms with Gasteiger partial charge in [0.25, 0.3) is 0 Å². The summed E-state index contributed by atoms with van der Waals surface area (Å²) in [5.41, 5.74) is 0.716. The summed E-state index contributed by atoms with van der Waals surface area (Å²) in [6.07, 6.45) is 0.756. The van der Waals surface area contributed by atoms with Crippen LogP contribution in [0.2, 0.25) is 0 Å². The number of rotatable bonds is 7. The van der Waals surface area contributed by atoms with Crippen molar-refractivity contribution in [1.29, 1.82) is 0 Å². The Morgan fingerprint density at radius 1 is 0.920 bits per heavy atom. The van der Waals surface area contributed by atoms with Crippen LogP contribution in [-0.2, 0) is 4.74 Å². The summed E-state index contributed by atoms with van der Waals surface area (Å²) in [5, 5.41) is 0. The normalized spacial score (nSPS) is 10.4. The second-order valence-corrected chi connectivity index (χ2v) is 5.75. The van der Waals surface area contributed by atoms with Gasteiger partial charge in [0.1, 0.15) is 11.5 Å². The Balaban J connectivity index is 2.09. The van der Waals surface area contributed by atoms with Gasteiger partial charge in [-0.25, -0.2) is 9.59 Å². The molecule has 25 heavy (non-hydrogen) atoms. The summed E-state index contributed by atoms with van der Waals surface area (Å²) in [5.74, 6) is -0.0761. The zero-order chi connectivity index (χ0) is 18.2. The predicted octanol–water partition coefficient (Wildman–Crippen LogP) is 4.26. The number of hydrogen-bond acceptors (Lipinski definition) is 5. The van der Waals surface area contributed by atoms with Crippen LogP contribution in [0.25, 0.3) is 0 Å². The van der Waals surface area contributed by atoms with Crippen molar-refractivity contribution in [2.75, 3.05) is 6.61 Å². The molecule has 0 saturated heterocycles. The molecule has 0 aliphatic rings. The maximum atomic E-state index is 12.3. The van der Waals surface area contributed by atoms with Gasteiger partial charge >= 0.3 is 11.9 Å². The molecule has 0 amide bonds. The van der Waals surface area contributed by atoms with Gasteiger partial charge in [0, 0.05) is 0 Å². The average molecular weight is 342 g/mol. The van der Waals surface area contributed by atoms with Gasteiger partial charge in [0.2, 0.25) is 0 Å². The number of hydrogen-bond donors (Lipinski definition) is 0. The minimum atomic E-state index is -0.520. The Hall–Kier alpha value is -2.82. The first-order valence-corrected chi connectivity index (χ1v) is 8.25. The van der Waals surface area contributed by atoms with E-state index in [-0.39, 0.29) is 11.9 Å². The lowest BCUT2D eigenvalue weighted by Gasteiger charge is -2.11. The zero-order valence-electron chi connectivity index (χ0n) is 14.7. The molecule has 0 bridgehead atoms. The Bertz CT molecular complexity index is 736. The molecule has 2 aromatic carbocycles. The number of ether oxygens (including phenoxy) is 3. The highest BCUT2D eigenvalue weighted by atomic mass is 16.5. The van der Waals surface area contributed by atoms with Gasteiger partial charge in [-0.1, -0.05) is 19.1 Å². The smallest absolute Gasteiger partial charge is 0.343 e. The van der Waals surface area contributed by atoms with E-state index in [0.29, 0.717) is 23.5 Å². The van der Waals surface area contributed by atoms with Crippen molar-refractivity contribution in [3.63, 3.8) is 0 Å². The summed E-state index contributed by atoms with van der Waals surface area (Å²) < 4.78 is 16.0. The number of esters is 2. The van der Waals surface area contributed by atoms with Crippen LogP contribution in [-0.4, -0.2) is 24.6 Å². The van der Waals surface area contributed by atoms with Crippen molar-refractivity contribution >= 4 is 11.9 Å². The molecule has 5 heteroatoms. The third kappa shape index (κ3) is 5.64. The Morgan fingerprint density at radius 2 is 1.52 bits per heavy atom. The zero-order valence-corrected chi connectivity index (χ0v) is 14.7. The van der Waals surface area contributed by atoms with E-state index < -0.39 is 11.9 Å². The van der Waals surface area contributed by atoms with E-state index in [2.05, 4.69) is 0 Å². The largest absolute Gasteiger partial charge is 0.491 e. The summed E-state index contributed by atoms with van der Waals surface area (Å²) in [6.45, 7) is 6.09. The van der Waals surface area contributed by atoms with E-state index in [4.69, 9.17) is 14.2 Å². The SMILES string of the molecule is CCCOC(=O)c1cccc(OC(=O)c2cccc(OC(C)C)c2)c1. The second kappa shape index (κ2) is 8.87. The van der Waals surface area contributed by atoms with Gasteiger partial charge in [-0.3, -0.25) is 0 Å². The minimum absolute atomic E-state index is 0.0112. The average Bonchev–Trinajstić information content (AvgIpc) is 2.59. The van der Waals surface area contributed by atoms with Gasteiger partial charge in [-0.2, -0.15) is 0 Å². The second-order valence-electron chi connectivity index (χ2n) is 5.75. The molecule has 0 fully saturated rings. The lowest BCUT2D eigenvalue weighted by atomic mass is 10.2. The molecule has 0 atom stereocenters. The molecule has 0 N–H and O–H groups in total. The van der Waals surface area contributed by atoms with Crippen molar-refractivity contribution in [1.82, 2.24) is 0 Å². The minimum Gasteiger partial charge on any atom is -0.491 e. The lowest BCUT2D eigenvalue weighted by Crippen LogP contribution is -2.11. The molecular weight excluding hydrogens is 320 g/mol. The number of carbonyl (C=O) groups excluding carboxylic acids is 2. The Labute approximate surface area is 147 Å². The van der Waals surface area contributed by atoms with Crippen molar-refractivity contribution in [2.24, 2.45) is 0 Å². The number of benzene rings is 2. The van der Waals surface area contributed by atoms with Crippen LogP contribution in [0.15, 0.2) is 48.5 Å². The summed E-state index contributed by atoms with van der Waals surface area (Å²) >= 11 is 0. The lowest BCUT2D eigenvalue weighted by molar-refractivity contribution is 0.0503. The van der Waals surface area contributed by atoms with Crippen LogP contribution >= 0.6 is 0 Å². The summed E-state index contributed by atoms with van der Waals surface area (Å²) in [6, 6.07) is 13.1. The molecule has 5 nitrogen and oxygen atoms in total. The van der Waals surface area contributed by atoms with Crippen LogP contribution in [0, 0.1) is 0 Å². The van der Waals surface area contributed by atoms with Gasteiger partial charge in [-0.05, 0) is 56.7 Å². The van der Waals surface area contributed by atoms with E-state index in [0.717, 1.165) is 6.42 Å². The van der Waals surface area contributed by atoms with E-state index in [1.165, 1.54) is 6.07 Å². The highest BCUT2D eigenvalue weighted by Crippen LogP contribution is 2.19. The summed E-state index contributed by atoms with van der Waals surface area (Å²) in [7, 11) is 0. The first-order chi connectivity index (χ1) is 12.0. The first-order valence-electron chi connectivity index (χ1n) is 8.25. The van der Waals surface area contributed by atoms with Crippen molar-refractivity contribution in [3.05, 3.63) is 59.7 Å². The van der Waals surface area contributed by atoms with Crippen LogP contribution in [0.5, 0.6) is 11.5 Å². The molecule has 0 aliphatic heterocycles. The molecule has 2 rings (SSSR count). The molecule has 0 saturated carbocycles. The van der Waals surface area contributed by atoms with Crippen LogP contribution in [0.4, 0.5) is 0 Å². The molecule has 0 aliphatic carbocycles. The van der Waals surface area contributed by atoms with E-state index >= 15 is 0 Å². The van der Waals surface area contributed by atoms with Gasteiger partial charge < -0.3 is 14.2 Å². The highest BCUT2D eigenvalue weighted by molar-refractivity contribution is 5.93. The molecule has 0 unspecified atom stereocenters. The molecule has 0 radical (unpaired) electrons. The van der Waals surface area contributed by atoms with Crippen molar-refractivity contribution < 1.29 is 23.8 Å². The maximum absolute atomic E-state index is 12.3. The third-order valence-corrected chi connectivity index (χ3v) is 3.16. The quantitative estimate of drug-likeness (QED) is 0.556. The van der Waals surface area contributed by atoms with Gasteiger partial charge in [0.05, 0.1) is 23.8 Å². The molecule has 132 valence electrons. The topological polar surface area (TPSA) is 61.8 Å². The standard InChI is InChI=1S/C20H22O5/c1-4-11-23-19(21)15-7-5-10-18(12-15)25-20(22)16-8-6-9-17(13-16)24-14(2)3/h5-10,12-14H,4,11H2,1-3H3. The van der Waals surface area contributed by atoms with E-state index in [1.54, 1.807) is 42.5 Å². The van der Waals surface area contributed by atoms with E-state index in [1.807, 2.05) is 20.8 Å². The molecule has 0 spiro atoms. The van der Waals surface area contributed by atoms with Crippen molar-refractivity contribution in [3.8, 4) is 11.5 Å². The van der Waals surface area contributed by atoms with Crippen LogP contribution in [0.3, 0.4) is 0 Å². The van der Waals surface area contributed by atoms with Crippen LogP contribution in [0.1, 0.15) is 47.9 Å². The Kier molecular flexibility index (Phi) is 6.57. The van der Waals surface area contributed by atoms with Crippen LogP contribution < -0.4 is 9.47 Å². The first kappa shape index (κ1) is 18.5. The fourth-order valence-electron chi connectivity index (χ4n) is 2.10. The molecule has 0 heterocycles. The van der Waals surface area contributed by atoms with Gasteiger partial charge in [-0.15, -0.1) is 0 Å². The van der Waals surface area contributed by atoms with Gasteiger partial charge in [0.15, 0.2) is 0 Å². The fraction of sp³-hybridized carbons (Fsp3) is 0.300.